The molecular weight excluding hydrogens is 683 g/mol. The Morgan fingerprint density at radius 2 is 1.20 bits per heavy atom. The molecule has 4 aromatic rings. The van der Waals surface area contributed by atoms with Crippen LogP contribution in [0.3, 0.4) is 0 Å². The summed E-state index contributed by atoms with van der Waals surface area (Å²) in [6.07, 6.45) is 0. The number of nitrogens with two attached hydrogens (primary N) is 1. The number of fused-ring (bicyclic) bond motifs is 1. The summed E-state index contributed by atoms with van der Waals surface area (Å²) in [6.45, 7) is 1.64. The molecule has 0 fully saturated rings. The summed E-state index contributed by atoms with van der Waals surface area (Å²) in [5, 5.41) is 3.22. The van der Waals surface area contributed by atoms with Crippen molar-refractivity contribution in [3.05, 3.63) is 83.4 Å². The molecule has 0 aromatic heterocycles. The maximum absolute atomic E-state index is 13.2. The van der Waals surface area contributed by atoms with Crippen LogP contribution in [0.1, 0.15) is 26.3 Å². The summed E-state index contributed by atoms with van der Waals surface area (Å²) in [5.74, 6) is -1.49. The van der Waals surface area contributed by atoms with Crippen LogP contribution in [0.2, 0.25) is 0 Å². The van der Waals surface area contributed by atoms with Crippen LogP contribution in [-0.2, 0) is 30.4 Å². The largest absolute Gasteiger partial charge is 1.00 e. The van der Waals surface area contributed by atoms with Crippen LogP contribution in [0.4, 0.5) is 17.1 Å². The number of nitrogens with one attached hydrogen (secondary N) is 2. The minimum atomic E-state index is -5.61. The molecule has 45 heavy (non-hydrogen) atoms. The molecule has 0 heterocycles. The van der Waals surface area contributed by atoms with Crippen molar-refractivity contribution in [3.63, 3.8) is 0 Å². The molecular formula is C25H18N3Na3O11S3. The second kappa shape index (κ2) is 15.7. The molecule has 4 aromatic carbocycles. The minimum Gasteiger partial charge on any atom is -0.744 e. The van der Waals surface area contributed by atoms with Crippen molar-refractivity contribution in [2.45, 2.75) is 21.6 Å². The van der Waals surface area contributed by atoms with E-state index >= 15 is 0 Å². The fourth-order valence-corrected chi connectivity index (χ4v) is 6.03. The molecule has 0 aliphatic heterocycles. The Labute approximate surface area is 324 Å². The molecule has 4 N–H and O–H groups in total. The first-order valence-electron chi connectivity index (χ1n) is 11.4. The molecule has 2 amide bonds. The number of nitrogen functional groups attached to an aromatic ring is 1. The number of anilines is 3. The number of benzene rings is 4. The number of rotatable bonds is 7. The Morgan fingerprint density at radius 3 is 1.73 bits per heavy atom. The summed E-state index contributed by atoms with van der Waals surface area (Å²) in [6, 6.07) is 12.3. The number of carbonyl (C=O) groups excluding carboxylic acids is 2. The first-order chi connectivity index (χ1) is 19.4. The van der Waals surface area contributed by atoms with E-state index in [2.05, 4.69) is 10.6 Å². The molecule has 20 heteroatoms. The third-order valence-electron chi connectivity index (χ3n) is 5.98. The molecule has 0 unspecified atom stereocenters. The molecule has 220 valence electrons. The van der Waals surface area contributed by atoms with Crippen LogP contribution < -0.4 is 105 Å². The molecule has 0 saturated heterocycles. The van der Waals surface area contributed by atoms with Crippen molar-refractivity contribution >= 4 is 70.0 Å². The van der Waals surface area contributed by atoms with E-state index < -0.39 is 73.3 Å². The molecule has 0 spiro atoms. The van der Waals surface area contributed by atoms with E-state index in [-0.39, 0.29) is 112 Å². The van der Waals surface area contributed by atoms with Crippen LogP contribution in [-0.4, -0.2) is 50.7 Å². The van der Waals surface area contributed by atoms with Crippen LogP contribution in [0.25, 0.3) is 10.8 Å². The van der Waals surface area contributed by atoms with E-state index in [0.29, 0.717) is 23.4 Å². The third-order valence-corrected chi connectivity index (χ3v) is 8.55. The van der Waals surface area contributed by atoms with Gasteiger partial charge in [-0.25, -0.2) is 25.3 Å². The van der Waals surface area contributed by atoms with Crippen molar-refractivity contribution in [2.75, 3.05) is 16.4 Å². The van der Waals surface area contributed by atoms with Gasteiger partial charge in [0, 0.05) is 33.3 Å². The molecule has 0 radical (unpaired) electrons. The van der Waals surface area contributed by atoms with Crippen molar-refractivity contribution in [1.29, 1.82) is 0 Å². The van der Waals surface area contributed by atoms with E-state index in [1.54, 1.807) is 19.1 Å². The first kappa shape index (κ1) is 41.6. The standard InChI is InChI=1S/C25H21N3O11S3.3Na/c1-13-5-6-15(10-20(13)28-24(29)14-3-2-4-16(26)9-14)25(30)27-19-7-8-21(41(34,35)36)18-11-17(40(31,32)33)12-22(23(18)19)42(37,38)39;;;/h2-12H,26H2,1H3,(H,27,30)(H,28,29)(H,31,32,33)(H,34,35,36)(H,37,38,39);;;/q;3*+1/p-3. The predicted octanol–water partition coefficient (Wildman–Crippen LogP) is -7.04. The minimum absolute atomic E-state index is 0. The molecule has 0 aliphatic rings. The monoisotopic (exact) mass is 701 g/mol. The van der Waals surface area contributed by atoms with Crippen molar-refractivity contribution in [3.8, 4) is 0 Å². The summed E-state index contributed by atoms with van der Waals surface area (Å²) >= 11 is 0. The fraction of sp³-hybridized carbons (Fsp3) is 0.0400. The van der Waals surface area contributed by atoms with Gasteiger partial charge in [-0.15, -0.1) is 0 Å². The number of amides is 2. The van der Waals surface area contributed by atoms with E-state index in [1.807, 2.05) is 0 Å². The molecule has 0 aliphatic carbocycles. The van der Waals surface area contributed by atoms with Crippen molar-refractivity contribution in [1.82, 2.24) is 0 Å². The molecule has 0 bridgehead atoms. The fourth-order valence-electron chi connectivity index (χ4n) is 4.02. The summed E-state index contributed by atoms with van der Waals surface area (Å²) in [4.78, 5) is 22.1. The van der Waals surface area contributed by atoms with E-state index in [9.17, 15) is 48.5 Å². The van der Waals surface area contributed by atoms with Gasteiger partial charge in [-0.05, 0) is 67.1 Å². The Balaban J connectivity index is 0.00000337. The first-order valence-corrected chi connectivity index (χ1v) is 15.7. The van der Waals surface area contributed by atoms with Crippen LogP contribution in [0.5, 0.6) is 0 Å². The van der Waals surface area contributed by atoms with Gasteiger partial charge >= 0.3 is 88.7 Å². The van der Waals surface area contributed by atoms with Gasteiger partial charge in [-0.1, -0.05) is 12.1 Å². The normalized spacial score (nSPS) is 11.4. The molecule has 4 rings (SSSR count). The van der Waals surface area contributed by atoms with Gasteiger partial charge in [0.05, 0.1) is 20.4 Å². The topological polar surface area (TPSA) is 256 Å². The van der Waals surface area contributed by atoms with Gasteiger partial charge in [0.1, 0.15) is 30.4 Å². The van der Waals surface area contributed by atoms with Gasteiger partial charge in [0.2, 0.25) is 0 Å². The maximum atomic E-state index is 13.2. The van der Waals surface area contributed by atoms with Crippen LogP contribution in [0.15, 0.2) is 81.4 Å². The second-order valence-corrected chi connectivity index (χ2v) is 13.0. The van der Waals surface area contributed by atoms with Gasteiger partial charge in [-0.2, -0.15) is 0 Å². The van der Waals surface area contributed by atoms with Crippen molar-refractivity contribution in [2.24, 2.45) is 0 Å². The number of hydrogen-bond acceptors (Lipinski definition) is 12. The Kier molecular flexibility index (Phi) is 14.5. The van der Waals surface area contributed by atoms with Gasteiger partial charge < -0.3 is 30.0 Å². The average molecular weight is 702 g/mol. The van der Waals surface area contributed by atoms with E-state index in [1.165, 1.54) is 30.3 Å². The molecule has 14 nitrogen and oxygen atoms in total. The summed E-state index contributed by atoms with van der Waals surface area (Å²) in [7, 11) is -16.5. The van der Waals surface area contributed by atoms with Crippen LogP contribution >= 0.6 is 0 Å². The molecule has 0 atom stereocenters. The SMILES string of the molecule is Cc1ccc(C(=O)Nc2ccc(S(=O)(=O)[O-])c3cc(S(=O)(=O)[O-])cc(S(=O)(=O)[O-])c23)cc1NC(=O)c1cccc(N)c1.[Na+].[Na+].[Na+]. The summed E-state index contributed by atoms with van der Waals surface area (Å²) in [5.41, 5.74) is 6.44. The Hall–Kier alpha value is -1.39. The van der Waals surface area contributed by atoms with E-state index in [4.69, 9.17) is 5.73 Å². The average Bonchev–Trinajstić information content (AvgIpc) is 2.87. The zero-order valence-corrected chi connectivity index (χ0v) is 32.6. The summed E-state index contributed by atoms with van der Waals surface area (Å²) < 4.78 is 107. The van der Waals surface area contributed by atoms with Gasteiger partial charge in [-0.3, -0.25) is 9.59 Å². The van der Waals surface area contributed by atoms with Crippen molar-refractivity contribution < 1.29 is 137 Å². The molecule has 0 saturated carbocycles. The zero-order valence-electron chi connectivity index (χ0n) is 24.1. The predicted molar refractivity (Wildman–Crippen MR) is 146 cm³/mol. The number of carbonyl (C=O) groups is 2. The zero-order chi connectivity index (χ0) is 31.2. The van der Waals surface area contributed by atoms with E-state index in [0.717, 1.165) is 6.07 Å². The maximum Gasteiger partial charge on any atom is 1.00 e. The Morgan fingerprint density at radius 1 is 0.644 bits per heavy atom. The number of hydrogen-bond donors (Lipinski definition) is 3. The number of aryl methyl sites for hydroxylation is 1. The Bertz CT molecular complexity index is 2140. The quantitative estimate of drug-likeness (QED) is 0.0923. The van der Waals surface area contributed by atoms with Crippen LogP contribution in [0, 0.1) is 6.92 Å². The van der Waals surface area contributed by atoms with Gasteiger partial charge in [0.25, 0.3) is 11.8 Å². The third kappa shape index (κ3) is 9.82. The smallest absolute Gasteiger partial charge is 0.744 e. The second-order valence-electron chi connectivity index (χ2n) is 8.88. The van der Waals surface area contributed by atoms with Gasteiger partial charge in [0.15, 0.2) is 0 Å².